The van der Waals surface area contributed by atoms with Crippen LogP contribution >= 0.6 is 0 Å². The van der Waals surface area contributed by atoms with Crippen LogP contribution in [0, 0.1) is 11.5 Å². The van der Waals surface area contributed by atoms with E-state index in [1.807, 2.05) is 0 Å². The van der Waals surface area contributed by atoms with E-state index in [0.717, 1.165) is 0 Å². The van der Waals surface area contributed by atoms with E-state index < -0.39 is 0 Å². The van der Waals surface area contributed by atoms with Gasteiger partial charge >= 0.3 is 26.2 Å². The Balaban J connectivity index is 0. The first-order valence-electron chi connectivity index (χ1n) is 6.82. The molecule has 0 saturated heterocycles. The number of hydrogen-bond acceptors (Lipinski definition) is 0. The van der Waals surface area contributed by atoms with Crippen molar-refractivity contribution < 1.29 is 35.6 Å². The first-order valence-corrected chi connectivity index (χ1v) is 6.82. The fourth-order valence-corrected chi connectivity index (χ4v) is 2.48. The monoisotopic (exact) mass is 378 g/mol. The van der Waals surface area contributed by atoms with Crippen molar-refractivity contribution in [3.63, 3.8) is 0 Å². The molecule has 0 aliphatic heterocycles. The normalized spacial score (nSPS) is 14.9. The van der Waals surface area contributed by atoms with Crippen molar-refractivity contribution in [1.82, 2.24) is 0 Å². The maximum atomic E-state index is 3.44. The standard InChI is InChI=1S/C10H15.C9H7.2FH.Zr/c1-7-6-10(4,5)9(3)8(7)2;1-2-5-9-7-3-6-8(9)4-1;;;/h1-5H3;1-7H;2*1H;/q2*-1;;;+4/p-2. The first-order chi connectivity index (χ1) is 8.92. The average Bonchev–Trinajstić information content (AvgIpc) is 2.90. The smallest absolute Gasteiger partial charge is 1.00 e. The Labute approximate surface area is 151 Å². The molecule has 0 N–H and O–H groups in total. The Morgan fingerprint density at radius 3 is 1.95 bits per heavy atom. The summed E-state index contributed by atoms with van der Waals surface area (Å²) in [6, 6.07) is 14.7. The van der Waals surface area contributed by atoms with Crippen LogP contribution in [0.2, 0.25) is 0 Å². The Bertz CT molecular complexity index is 618. The molecule has 0 bridgehead atoms. The van der Waals surface area contributed by atoms with Crippen LogP contribution in [0.1, 0.15) is 34.6 Å². The van der Waals surface area contributed by atoms with Gasteiger partial charge in [-0.25, -0.2) is 5.57 Å². The van der Waals surface area contributed by atoms with E-state index in [-0.39, 0.29) is 41.0 Å². The molecular formula is C19H22F2Zr. The molecule has 2 aromatic carbocycles. The molecule has 0 atom stereocenters. The summed E-state index contributed by atoms with van der Waals surface area (Å²) in [5.74, 6) is 0. The molecule has 0 unspecified atom stereocenters. The van der Waals surface area contributed by atoms with E-state index in [0.29, 0.717) is 0 Å². The number of allylic oxidation sites excluding steroid dienone is 4. The van der Waals surface area contributed by atoms with Gasteiger partial charge in [0.15, 0.2) is 0 Å². The van der Waals surface area contributed by atoms with Gasteiger partial charge in [-0.3, -0.25) is 6.08 Å². The summed E-state index contributed by atoms with van der Waals surface area (Å²) in [6.07, 6.45) is 3.44. The van der Waals surface area contributed by atoms with Gasteiger partial charge in [-0.15, -0.1) is 36.6 Å². The van der Waals surface area contributed by atoms with Crippen molar-refractivity contribution in [3.8, 4) is 0 Å². The number of benzene rings is 1. The van der Waals surface area contributed by atoms with Gasteiger partial charge in [0.05, 0.1) is 0 Å². The Morgan fingerprint density at radius 1 is 0.955 bits per heavy atom. The predicted octanol–water partition coefficient (Wildman–Crippen LogP) is -0.324. The van der Waals surface area contributed by atoms with Crippen LogP contribution in [0.25, 0.3) is 10.8 Å². The molecule has 0 saturated carbocycles. The van der Waals surface area contributed by atoms with Crippen LogP contribution in [0.5, 0.6) is 0 Å². The van der Waals surface area contributed by atoms with Crippen molar-refractivity contribution in [1.29, 1.82) is 0 Å². The maximum absolute atomic E-state index is 3.44. The minimum absolute atomic E-state index is 0. The van der Waals surface area contributed by atoms with Crippen LogP contribution in [-0.2, 0) is 26.2 Å². The fraction of sp³-hybridized carbons (Fsp3) is 0.316. The molecule has 2 aromatic rings. The number of hydrogen-bond donors (Lipinski definition) is 0. The fourth-order valence-electron chi connectivity index (χ4n) is 2.48. The summed E-state index contributed by atoms with van der Waals surface area (Å²) in [6.45, 7) is 10.9. The third-order valence-corrected chi connectivity index (χ3v) is 4.11. The molecule has 1 aliphatic carbocycles. The van der Waals surface area contributed by atoms with Crippen molar-refractivity contribution >= 4 is 10.8 Å². The zero-order valence-electron chi connectivity index (χ0n) is 13.8. The Kier molecular flexibility index (Phi) is 9.81. The van der Waals surface area contributed by atoms with Crippen molar-refractivity contribution in [2.24, 2.45) is 5.41 Å². The second kappa shape index (κ2) is 9.25. The van der Waals surface area contributed by atoms with E-state index in [1.165, 1.54) is 27.5 Å². The van der Waals surface area contributed by atoms with Gasteiger partial charge in [0.1, 0.15) is 0 Å². The number of rotatable bonds is 0. The van der Waals surface area contributed by atoms with Gasteiger partial charge < -0.3 is 9.41 Å². The molecule has 0 amide bonds. The maximum Gasteiger partial charge on any atom is 4.00 e. The minimum Gasteiger partial charge on any atom is -1.00 e. The summed E-state index contributed by atoms with van der Waals surface area (Å²) in [5, 5.41) is 2.66. The van der Waals surface area contributed by atoms with E-state index in [1.54, 1.807) is 0 Å². The van der Waals surface area contributed by atoms with Crippen molar-refractivity contribution in [2.45, 2.75) is 34.6 Å². The van der Waals surface area contributed by atoms with Gasteiger partial charge in [-0.05, 0) is 0 Å². The first kappa shape index (κ1) is 23.3. The predicted molar refractivity (Wildman–Crippen MR) is 84.1 cm³/mol. The summed E-state index contributed by atoms with van der Waals surface area (Å²) in [5.41, 5.74) is 4.39. The topological polar surface area (TPSA) is 0 Å². The molecule has 0 nitrogen and oxygen atoms in total. The molecular weight excluding hydrogens is 357 g/mol. The summed E-state index contributed by atoms with van der Waals surface area (Å²) >= 11 is 0. The molecule has 3 rings (SSSR count). The summed E-state index contributed by atoms with van der Waals surface area (Å²) in [7, 11) is 0. The second-order valence-corrected chi connectivity index (χ2v) is 5.78. The molecule has 0 aromatic heterocycles. The van der Waals surface area contributed by atoms with Crippen molar-refractivity contribution in [3.05, 3.63) is 65.3 Å². The van der Waals surface area contributed by atoms with E-state index >= 15 is 0 Å². The third kappa shape index (κ3) is 5.05. The van der Waals surface area contributed by atoms with Crippen LogP contribution in [0.4, 0.5) is 0 Å². The molecule has 22 heavy (non-hydrogen) atoms. The number of halogens is 2. The van der Waals surface area contributed by atoms with Gasteiger partial charge in [0.25, 0.3) is 0 Å². The molecule has 3 heteroatoms. The van der Waals surface area contributed by atoms with E-state index in [4.69, 9.17) is 0 Å². The van der Waals surface area contributed by atoms with Crippen LogP contribution in [0.15, 0.2) is 59.2 Å². The minimum atomic E-state index is 0. The SMILES string of the molecule is CC1=[C-]C(C)(C)C(C)=C1C.[F-].[F-].[Zr+4].c1ccc2[cH-]ccc2c1. The molecule has 0 heterocycles. The zero-order valence-corrected chi connectivity index (χ0v) is 16.3. The molecule has 0 fully saturated rings. The summed E-state index contributed by atoms with van der Waals surface area (Å²) in [4.78, 5) is 0. The third-order valence-electron chi connectivity index (χ3n) is 4.11. The Hall–Kier alpha value is -0.947. The Morgan fingerprint density at radius 2 is 1.55 bits per heavy atom. The average molecular weight is 380 g/mol. The molecule has 0 spiro atoms. The number of fused-ring (bicyclic) bond motifs is 1. The van der Waals surface area contributed by atoms with Gasteiger partial charge in [0.2, 0.25) is 0 Å². The van der Waals surface area contributed by atoms with Crippen LogP contribution in [0.3, 0.4) is 0 Å². The quantitative estimate of drug-likeness (QED) is 0.550. The largest absolute Gasteiger partial charge is 4.00 e. The molecule has 1 aliphatic rings. The van der Waals surface area contributed by atoms with Gasteiger partial charge in [-0.2, -0.15) is 28.7 Å². The second-order valence-electron chi connectivity index (χ2n) is 5.78. The van der Waals surface area contributed by atoms with Gasteiger partial charge in [0, 0.05) is 0 Å². The van der Waals surface area contributed by atoms with E-state index in [9.17, 15) is 0 Å². The van der Waals surface area contributed by atoms with Crippen molar-refractivity contribution in [2.75, 3.05) is 0 Å². The van der Waals surface area contributed by atoms with E-state index in [2.05, 4.69) is 83.2 Å². The zero-order chi connectivity index (χ0) is 14.0. The van der Waals surface area contributed by atoms with Crippen LogP contribution < -0.4 is 9.41 Å². The summed E-state index contributed by atoms with van der Waals surface area (Å²) < 4.78 is 0. The van der Waals surface area contributed by atoms with Gasteiger partial charge in [-0.1, -0.05) is 39.2 Å². The molecule has 116 valence electrons. The van der Waals surface area contributed by atoms with Crippen LogP contribution in [-0.4, -0.2) is 0 Å². The molecule has 0 radical (unpaired) electrons.